The first-order valence-electron chi connectivity index (χ1n) is 10.9. The van der Waals surface area contributed by atoms with E-state index < -0.39 is 17.3 Å². The van der Waals surface area contributed by atoms with Crippen molar-refractivity contribution >= 4 is 34.4 Å². The molecule has 5 rings (SSSR count). The van der Waals surface area contributed by atoms with Crippen molar-refractivity contribution in [1.29, 1.82) is 0 Å². The highest BCUT2D eigenvalue weighted by Crippen LogP contribution is 2.48. The van der Waals surface area contributed by atoms with Crippen LogP contribution in [0.25, 0.3) is 11.0 Å². The van der Waals surface area contributed by atoms with E-state index in [0.717, 1.165) is 5.39 Å². The predicted molar refractivity (Wildman–Crippen MR) is 130 cm³/mol. The third kappa shape index (κ3) is 3.89. The van der Waals surface area contributed by atoms with Gasteiger partial charge in [0.15, 0.2) is 11.7 Å². The van der Waals surface area contributed by atoms with Gasteiger partial charge >= 0.3 is 5.97 Å². The zero-order valence-corrected chi connectivity index (χ0v) is 19.8. The summed E-state index contributed by atoms with van der Waals surface area (Å²) in [6.07, 6.45) is 1.66. The number of hydrogen-bond acceptors (Lipinski definition) is 7. The Labute approximate surface area is 206 Å². The number of anilines is 1. The van der Waals surface area contributed by atoms with Crippen molar-refractivity contribution in [1.82, 2.24) is 4.98 Å². The number of aromatic carboxylic acids is 1. The second kappa shape index (κ2) is 8.88. The SMILES string of the molecule is COc1ccc(C(Nc2cc3ccccc3o2)(c2ccc(C(=O)O)c(Cl)c2)C2(C)OCCO2)cn1. The van der Waals surface area contributed by atoms with E-state index in [4.69, 9.17) is 30.2 Å². The Morgan fingerprint density at radius 2 is 1.86 bits per heavy atom. The molecule has 1 saturated heterocycles. The Morgan fingerprint density at radius 3 is 2.49 bits per heavy atom. The monoisotopic (exact) mass is 494 g/mol. The maximum atomic E-state index is 11.6. The average molecular weight is 495 g/mol. The summed E-state index contributed by atoms with van der Waals surface area (Å²) in [4.78, 5) is 16.1. The van der Waals surface area contributed by atoms with Crippen molar-refractivity contribution in [3.63, 3.8) is 0 Å². The maximum Gasteiger partial charge on any atom is 0.337 e. The number of aromatic nitrogens is 1. The number of methoxy groups -OCH3 is 1. The number of pyridine rings is 1. The number of ether oxygens (including phenoxy) is 3. The van der Waals surface area contributed by atoms with Gasteiger partial charge in [-0.1, -0.05) is 35.9 Å². The van der Waals surface area contributed by atoms with Gasteiger partial charge in [-0.3, -0.25) is 0 Å². The Balaban J connectivity index is 1.77. The number of rotatable bonds is 7. The molecule has 2 aromatic carbocycles. The third-order valence-corrected chi connectivity index (χ3v) is 6.58. The number of benzene rings is 2. The first-order valence-corrected chi connectivity index (χ1v) is 11.3. The molecule has 0 bridgehead atoms. The zero-order valence-electron chi connectivity index (χ0n) is 19.1. The molecule has 0 amide bonds. The number of nitrogens with one attached hydrogen (secondary N) is 1. The van der Waals surface area contributed by atoms with Gasteiger partial charge in [0.2, 0.25) is 5.88 Å². The molecule has 3 heterocycles. The average Bonchev–Trinajstić information content (AvgIpc) is 3.48. The van der Waals surface area contributed by atoms with Crippen LogP contribution in [-0.2, 0) is 15.0 Å². The molecule has 2 N–H and O–H groups in total. The van der Waals surface area contributed by atoms with Crippen LogP contribution in [-0.4, -0.2) is 42.2 Å². The van der Waals surface area contributed by atoms with Crippen LogP contribution in [0.3, 0.4) is 0 Å². The minimum atomic E-state index is -1.24. The van der Waals surface area contributed by atoms with Crippen LogP contribution in [0.5, 0.6) is 5.88 Å². The molecule has 4 aromatic rings. The zero-order chi connectivity index (χ0) is 24.6. The van der Waals surface area contributed by atoms with Crippen molar-refractivity contribution in [3.8, 4) is 5.88 Å². The normalized spacial score (nSPS) is 16.7. The van der Waals surface area contributed by atoms with E-state index in [1.165, 1.54) is 13.2 Å². The summed E-state index contributed by atoms with van der Waals surface area (Å²) in [5, 5.41) is 14.0. The van der Waals surface area contributed by atoms with E-state index >= 15 is 0 Å². The van der Waals surface area contributed by atoms with E-state index in [0.29, 0.717) is 41.7 Å². The van der Waals surface area contributed by atoms with Gasteiger partial charge in [0.05, 0.1) is 30.9 Å². The summed E-state index contributed by atoms with van der Waals surface area (Å²) < 4.78 is 23.8. The smallest absolute Gasteiger partial charge is 0.337 e. The predicted octanol–water partition coefficient (Wildman–Crippen LogP) is 5.31. The molecule has 1 fully saturated rings. The fraction of sp³-hybridized carbons (Fsp3) is 0.231. The van der Waals surface area contributed by atoms with Gasteiger partial charge < -0.3 is 29.1 Å². The first-order chi connectivity index (χ1) is 16.9. The van der Waals surface area contributed by atoms with Crippen molar-refractivity contribution in [2.24, 2.45) is 0 Å². The Hall–Kier alpha value is -3.59. The molecule has 1 aliphatic rings. The molecule has 2 aromatic heterocycles. The quantitative estimate of drug-likeness (QED) is 0.356. The van der Waals surface area contributed by atoms with Crippen LogP contribution in [0.4, 0.5) is 5.88 Å². The fourth-order valence-electron chi connectivity index (χ4n) is 4.55. The number of furan rings is 1. The van der Waals surface area contributed by atoms with E-state index in [-0.39, 0.29) is 10.6 Å². The number of nitrogens with zero attached hydrogens (tertiary/aromatic N) is 1. The van der Waals surface area contributed by atoms with Crippen molar-refractivity contribution in [3.05, 3.63) is 88.6 Å². The Bertz CT molecular complexity index is 1350. The molecule has 8 nitrogen and oxygen atoms in total. The summed E-state index contributed by atoms with van der Waals surface area (Å²) >= 11 is 6.44. The molecular weight excluding hydrogens is 472 g/mol. The highest BCUT2D eigenvalue weighted by Gasteiger charge is 2.56. The summed E-state index contributed by atoms with van der Waals surface area (Å²) in [5.74, 6) is -1.47. The molecule has 0 radical (unpaired) electrons. The Kier molecular flexibility index (Phi) is 5.88. The number of carboxylic acid groups (broad SMARTS) is 1. The van der Waals surface area contributed by atoms with Gasteiger partial charge in [-0.15, -0.1) is 0 Å². The van der Waals surface area contributed by atoms with Crippen LogP contribution in [0.15, 0.2) is 71.3 Å². The standard InChI is InChI=1S/C26H23ClN2O6/c1-25(33-11-12-34-25)26(18-8-10-22(32-2)28-15-18,17-7-9-19(24(30)31)20(27)14-17)29-23-13-16-5-3-4-6-21(16)35-23/h3-10,13-15,29H,11-12H2,1-2H3,(H,30,31). The van der Waals surface area contributed by atoms with E-state index in [9.17, 15) is 9.90 Å². The van der Waals surface area contributed by atoms with Crippen LogP contribution in [0, 0.1) is 0 Å². The number of carbonyl (C=O) groups is 1. The summed E-state index contributed by atoms with van der Waals surface area (Å²) in [6, 6.07) is 17.8. The molecule has 0 spiro atoms. The lowest BCUT2D eigenvalue weighted by Gasteiger charge is -2.45. The second-order valence-electron chi connectivity index (χ2n) is 8.26. The van der Waals surface area contributed by atoms with Crippen molar-refractivity contribution in [2.75, 3.05) is 25.6 Å². The van der Waals surface area contributed by atoms with Crippen molar-refractivity contribution in [2.45, 2.75) is 18.2 Å². The van der Waals surface area contributed by atoms with E-state index in [1.807, 2.05) is 43.3 Å². The minimum Gasteiger partial charge on any atom is -0.481 e. The molecular formula is C26H23ClN2O6. The van der Waals surface area contributed by atoms with Crippen LogP contribution < -0.4 is 10.1 Å². The number of hydrogen-bond donors (Lipinski definition) is 2. The molecule has 9 heteroatoms. The van der Waals surface area contributed by atoms with Gasteiger partial charge in [-0.2, -0.15) is 0 Å². The molecule has 1 atom stereocenters. The molecule has 35 heavy (non-hydrogen) atoms. The topological polar surface area (TPSA) is 103 Å². The minimum absolute atomic E-state index is 0.0145. The fourth-order valence-corrected chi connectivity index (χ4v) is 4.81. The molecule has 1 aliphatic heterocycles. The largest absolute Gasteiger partial charge is 0.481 e. The number of fused-ring (bicyclic) bond motifs is 1. The first kappa shape index (κ1) is 23.2. The van der Waals surface area contributed by atoms with Crippen LogP contribution >= 0.6 is 11.6 Å². The molecule has 0 aliphatic carbocycles. The number of para-hydroxylation sites is 1. The summed E-state index contributed by atoms with van der Waals surface area (Å²) in [6.45, 7) is 2.55. The highest BCUT2D eigenvalue weighted by atomic mass is 35.5. The lowest BCUT2D eigenvalue weighted by molar-refractivity contribution is -0.178. The van der Waals surface area contributed by atoms with Gasteiger partial charge in [0, 0.05) is 29.3 Å². The number of carboxylic acids is 1. The lowest BCUT2D eigenvalue weighted by atomic mass is 9.76. The van der Waals surface area contributed by atoms with Crippen LogP contribution in [0.1, 0.15) is 28.4 Å². The van der Waals surface area contributed by atoms with Crippen LogP contribution in [0.2, 0.25) is 5.02 Å². The maximum absolute atomic E-state index is 11.6. The second-order valence-corrected chi connectivity index (χ2v) is 8.66. The molecule has 180 valence electrons. The van der Waals surface area contributed by atoms with E-state index in [2.05, 4.69) is 10.3 Å². The lowest BCUT2D eigenvalue weighted by Crippen LogP contribution is -2.56. The summed E-state index contributed by atoms with van der Waals surface area (Å²) in [5.41, 5.74) is 0.720. The van der Waals surface area contributed by atoms with Gasteiger partial charge in [-0.25, -0.2) is 9.78 Å². The highest BCUT2D eigenvalue weighted by molar-refractivity contribution is 6.33. The Morgan fingerprint density at radius 1 is 1.11 bits per heavy atom. The van der Waals surface area contributed by atoms with Gasteiger partial charge in [0.1, 0.15) is 11.1 Å². The van der Waals surface area contributed by atoms with Gasteiger partial charge in [-0.05, 0) is 36.8 Å². The molecule has 1 unspecified atom stereocenters. The summed E-state index contributed by atoms with van der Waals surface area (Å²) in [7, 11) is 1.54. The number of halogens is 1. The van der Waals surface area contributed by atoms with Crippen molar-refractivity contribution < 1.29 is 28.5 Å². The van der Waals surface area contributed by atoms with E-state index in [1.54, 1.807) is 24.4 Å². The molecule has 0 saturated carbocycles. The van der Waals surface area contributed by atoms with Gasteiger partial charge in [0.25, 0.3) is 0 Å². The third-order valence-electron chi connectivity index (χ3n) is 6.27.